The SMILES string of the molecule is CCC[CH2][Ti]([CH2]CCC)([CH]1C=Cc2c(-c3ccccc3)cccc21)([CH]1C(C)=Cc2ccccc21)[SiH](c1ccccc1)c1ccccc1. The van der Waals surface area contributed by atoms with Gasteiger partial charge in [0.1, 0.15) is 0 Å². The summed E-state index contributed by atoms with van der Waals surface area (Å²) in [4.78, 5) is 0. The van der Waals surface area contributed by atoms with Crippen LogP contribution in [0, 0.1) is 0 Å². The van der Waals surface area contributed by atoms with Crippen LogP contribution < -0.4 is 10.4 Å². The monoisotopic (exact) mass is 665 g/mol. The Balaban J connectivity index is 1.64. The van der Waals surface area contributed by atoms with Crippen LogP contribution in [0.15, 0.2) is 145 Å². The van der Waals surface area contributed by atoms with Gasteiger partial charge in [0.15, 0.2) is 0 Å². The summed E-state index contributed by atoms with van der Waals surface area (Å²) in [6.07, 6.45) is 13.0. The zero-order valence-corrected chi connectivity index (χ0v) is 31.1. The molecule has 0 amide bonds. The van der Waals surface area contributed by atoms with E-state index >= 15 is 0 Å². The summed E-state index contributed by atoms with van der Waals surface area (Å²) < 4.78 is 3.77. The Morgan fingerprint density at radius 3 is 1.77 bits per heavy atom. The van der Waals surface area contributed by atoms with Gasteiger partial charge in [-0.1, -0.05) is 0 Å². The van der Waals surface area contributed by atoms with E-state index in [9.17, 15) is 0 Å². The number of hydrogen-bond donors (Lipinski definition) is 0. The van der Waals surface area contributed by atoms with Crippen molar-refractivity contribution in [3.8, 4) is 11.1 Å². The fourth-order valence-corrected chi connectivity index (χ4v) is 48.3. The van der Waals surface area contributed by atoms with Crippen LogP contribution in [-0.4, -0.2) is 6.66 Å². The zero-order chi connectivity index (χ0) is 32.3. The molecule has 2 aliphatic rings. The minimum absolute atomic E-state index is 0.473. The number of unbranched alkanes of at least 4 members (excludes halogenated alkanes) is 2. The van der Waals surface area contributed by atoms with E-state index in [1.165, 1.54) is 57.4 Å². The average Bonchev–Trinajstić information content (AvgIpc) is 3.73. The molecule has 0 aliphatic heterocycles. The summed E-state index contributed by atoms with van der Waals surface area (Å²) in [7, 11) is 0. The van der Waals surface area contributed by atoms with Crippen molar-refractivity contribution in [1.82, 2.24) is 0 Å². The van der Waals surface area contributed by atoms with Gasteiger partial charge in [-0.3, -0.25) is 0 Å². The molecule has 47 heavy (non-hydrogen) atoms. The fraction of sp³-hybridized carbons (Fsp3) is 0.244. The molecule has 2 heteroatoms. The van der Waals surface area contributed by atoms with Gasteiger partial charge in [0.05, 0.1) is 0 Å². The molecule has 2 aliphatic carbocycles. The third-order valence-corrected chi connectivity index (χ3v) is 42.6. The second-order valence-corrected chi connectivity index (χ2v) is 35.0. The molecule has 7 rings (SSSR count). The van der Waals surface area contributed by atoms with Crippen molar-refractivity contribution < 1.29 is 14.6 Å². The van der Waals surface area contributed by atoms with Gasteiger partial charge in [-0.15, -0.1) is 0 Å². The summed E-state index contributed by atoms with van der Waals surface area (Å²) in [5.41, 5.74) is 10.5. The van der Waals surface area contributed by atoms with Crippen LogP contribution in [0.2, 0.25) is 9.45 Å². The van der Waals surface area contributed by atoms with E-state index in [4.69, 9.17) is 0 Å². The third kappa shape index (κ3) is 5.32. The first kappa shape index (κ1) is 32.1. The number of hydrogen-bond acceptors (Lipinski definition) is 0. The molecule has 0 saturated carbocycles. The fourth-order valence-electron chi connectivity index (χ4n) is 10.4. The molecule has 0 radical (unpaired) electrons. The molecule has 0 aromatic heterocycles. The van der Waals surface area contributed by atoms with Crippen LogP contribution in [0.1, 0.15) is 77.2 Å². The predicted octanol–water partition coefficient (Wildman–Crippen LogP) is 11.2. The van der Waals surface area contributed by atoms with Gasteiger partial charge >= 0.3 is 287 Å². The number of rotatable bonds is 12. The summed E-state index contributed by atoms with van der Waals surface area (Å²) in [6, 6.07) is 51.8. The second kappa shape index (κ2) is 13.6. The Morgan fingerprint density at radius 1 is 0.596 bits per heavy atom. The van der Waals surface area contributed by atoms with E-state index in [2.05, 4.69) is 172 Å². The van der Waals surface area contributed by atoms with Crippen molar-refractivity contribution >= 4 is 29.2 Å². The molecular weight excluding hydrogens is 616 g/mol. The molecule has 2 unspecified atom stereocenters. The Kier molecular flexibility index (Phi) is 9.25. The Hall–Kier alpha value is -3.49. The quantitative estimate of drug-likeness (QED) is 0.116. The van der Waals surface area contributed by atoms with Gasteiger partial charge in [0.2, 0.25) is 0 Å². The van der Waals surface area contributed by atoms with Crippen molar-refractivity contribution in [3.05, 3.63) is 167 Å². The Bertz CT molecular complexity index is 1840. The van der Waals surface area contributed by atoms with E-state index < -0.39 is 21.2 Å². The van der Waals surface area contributed by atoms with Gasteiger partial charge in [-0.05, 0) is 0 Å². The summed E-state index contributed by atoms with van der Waals surface area (Å²) >= 11 is -4.01. The van der Waals surface area contributed by atoms with Gasteiger partial charge in [-0.2, -0.15) is 0 Å². The van der Waals surface area contributed by atoms with E-state index in [1.807, 2.05) is 0 Å². The van der Waals surface area contributed by atoms with Crippen molar-refractivity contribution in [2.24, 2.45) is 0 Å². The third-order valence-electron chi connectivity index (χ3n) is 12.0. The van der Waals surface area contributed by atoms with Gasteiger partial charge in [-0.25, -0.2) is 0 Å². The van der Waals surface area contributed by atoms with Crippen LogP contribution in [0.4, 0.5) is 0 Å². The number of allylic oxidation sites excluding steroid dienone is 2. The first-order valence-corrected chi connectivity index (χ1v) is 26.5. The van der Waals surface area contributed by atoms with Gasteiger partial charge in [0, 0.05) is 0 Å². The number of fused-ring (bicyclic) bond motifs is 2. The number of benzene rings is 5. The molecule has 0 heterocycles. The molecule has 0 saturated heterocycles. The van der Waals surface area contributed by atoms with Gasteiger partial charge < -0.3 is 0 Å². The molecule has 0 nitrogen and oxygen atoms in total. The Morgan fingerprint density at radius 2 is 1.15 bits per heavy atom. The van der Waals surface area contributed by atoms with Crippen LogP contribution in [0.5, 0.6) is 0 Å². The van der Waals surface area contributed by atoms with E-state index in [-0.39, 0.29) is 0 Å². The molecule has 5 aromatic carbocycles. The molecule has 0 bridgehead atoms. The first-order chi connectivity index (χ1) is 23.1. The average molecular weight is 666 g/mol. The molecule has 5 aromatic rings. The normalized spacial score (nSPS) is 17.6. The van der Waals surface area contributed by atoms with Crippen LogP contribution in [0.3, 0.4) is 0 Å². The molecule has 0 spiro atoms. The summed E-state index contributed by atoms with van der Waals surface area (Å²) in [5, 5.41) is 3.31. The maximum atomic E-state index is 2.76. The minimum atomic E-state index is -4.01. The van der Waals surface area contributed by atoms with E-state index in [0.29, 0.717) is 8.45 Å². The topological polar surface area (TPSA) is 0 Å². The predicted molar refractivity (Wildman–Crippen MR) is 205 cm³/mol. The molecule has 0 N–H and O–H groups in total. The molecule has 237 valence electrons. The molecule has 0 fully saturated rings. The standard InChI is InChI=1S/C15H11.C12H11Si.C10H9.2C4H9.Ti/c1-2-6-12(7-3-1)14-10-4-8-13-9-5-11-15(13)14;1-3-7-11(8-4-1)13-12-9-5-2-6-10-12;1-8-6-9-4-2-3-5-10(9)7-8;2*1-3-4-2;/h1-11H;1-10,13H;2-7H,1H3;2*1,3-4H2,2H3;. The van der Waals surface area contributed by atoms with Crippen LogP contribution >= 0.6 is 0 Å². The van der Waals surface area contributed by atoms with Crippen molar-refractivity contribution in [3.63, 3.8) is 0 Å². The zero-order valence-electron chi connectivity index (χ0n) is 28.4. The Labute approximate surface area is 285 Å². The first-order valence-electron chi connectivity index (χ1n) is 18.0. The van der Waals surface area contributed by atoms with Crippen LogP contribution in [0.25, 0.3) is 23.3 Å². The van der Waals surface area contributed by atoms with Crippen LogP contribution in [-0.2, 0) is 14.6 Å². The summed E-state index contributed by atoms with van der Waals surface area (Å²) in [6.45, 7) is 5.52. The maximum absolute atomic E-state index is 4.01. The second-order valence-electron chi connectivity index (χ2n) is 14.4. The van der Waals surface area contributed by atoms with E-state index in [1.54, 1.807) is 27.1 Å². The van der Waals surface area contributed by atoms with Crippen molar-refractivity contribution in [1.29, 1.82) is 0 Å². The molecule has 2 atom stereocenters. The van der Waals surface area contributed by atoms with E-state index in [0.717, 1.165) is 0 Å². The van der Waals surface area contributed by atoms with Crippen molar-refractivity contribution in [2.75, 3.05) is 0 Å². The van der Waals surface area contributed by atoms with Crippen molar-refractivity contribution in [2.45, 2.75) is 64.4 Å². The molecular formula is C45H49SiTi. The summed E-state index contributed by atoms with van der Waals surface area (Å²) in [5.74, 6) is 0. The van der Waals surface area contributed by atoms with Gasteiger partial charge in [0.25, 0.3) is 0 Å².